The summed E-state index contributed by atoms with van der Waals surface area (Å²) in [7, 11) is 0. The van der Waals surface area contributed by atoms with Gasteiger partial charge in [0.2, 0.25) is 0 Å². The molecule has 0 bridgehead atoms. The fourth-order valence-corrected chi connectivity index (χ4v) is 2.76. The van der Waals surface area contributed by atoms with Crippen molar-refractivity contribution in [2.75, 3.05) is 18.0 Å². The second kappa shape index (κ2) is 7.04. The molecule has 23 heavy (non-hydrogen) atoms. The summed E-state index contributed by atoms with van der Waals surface area (Å²) < 4.78 is 0. The Balaban J connectivity index is 2.18. The monoisotopic (exact) mass is 333 g/mol. The lowest BCUT2D eigenvalue weighted by atomic mass is 9.98. The first-order valence-corrected chi connectivity index (χ1v) is 8.50. The van der Waals surface area contributed by atoms with Gasteiger partial charge in [-0.1, -0.05) is 32.1 Å². The molecule has 2 aromatic rings. The van der Waals surface area contributed by atoms with Crippen LogP contribution >= 0.6 is 11.3 Å². The van der Waals surface area contributed by atoms with Crippen LogP contribution in [0.2, 0.25) is 0 Å². The molecule has 0 spiro atoms. The van der Waals surface area contributed by atoms with Gasteiger partial charge >= 0.3 is 0 Å². The Hall–Kier alpha value is -2.02. The average molecular weight is 333 g/mol. The van der Waals surface area contributed by atoms with E-state index in [0.717, 1.165) is 23.8 Å². The van der Waals surface area contributed by atoms with Crippen LogP contribution in [-0.4, -0.2) is 28.4 Å². The lowest BCUT2D eigenvalue weighted by Crippen LogP contribution is -2.21. The van der Waals surface area contributed by atoms with Crippen molar-refractivity contribution in [3.8, 4) is 5.75 Å². The van der Waals surface area contributed by atoms with Gasteiger partial charge in [-0.2, -0.15) is 0 Å². The SMILES string of the molecule is CCN(CC)c1ccc(N=Nc2nnc(C(C)(C)C)s2)c(O)c1. The number of aromatic nitrogens is 2. The number of hydrogen-bond acceptors (Lipinski definition) is 7. The molecule has 0 aliphatic rings. The highest BCUT2D eigenvalue weighted by atomic mass is 32.1. The average Bonchev–Trinajstić information content (AvgIpc) is 2.97. The lowest BCUT2D eigenvalue weighted by Gasteiger charge is -2.21. The number of hydrogen-bond donors (Lipinski definition) is 1. The van der Waals surface area contributed by atoms with E-state index in [2.05, 4.69) is 59.9 Å². The largest absolute Gasteiger partial charge is 0.506 e. The van der Waals surface area contributed by atoms with Gasteiger partial charge in [0.1, 0.15) is 16.4 Å². The molecule has 0 unspecified atom stereocenters. The number of rotatable bonds is 5. The third-order valence-electron chi connectivity index (χ3n) is 3.39. The first-order valence-electron chi connectivity index (χ1n) is 7.68. The van der Waals surface area contributed by atoms with Crippen LogP contribution in [-0.2, 0) is 5.41 Å². The second-order valence-corrected chi connectivity index (χ2v) is 7.14. The van der Waals surface area contributed by atoms with Crippen LogP contribution in [0.15, 0.2) is 28.4 Å². The van der Waals surface area contributed by atoms with Crippen LogP contribution < -0.4 is 4.90 Å². The lowest BCUT2D eigenvalue weighted by molar-refractivity contribution is 0.476. The van der Waals surface area contributed by atoms with Gasteiger partial charge in [0.25, 0.3) is 5.13 Å². The minimum atomic E-state index is -0.0566. The molecular formula is C16H23N5OS. The number of nitrogens with zero attached hydrogens (tertiary/aromatic N) is 5. The summed E-state index contributed by atoms with van der Waals surface area (Å²) in [5.41, 5.74) is 1.34. The quantitative estimate of drug-likeness (QED) is 0.797. The van der Waals surface area contributed by atoms with E-state index in [1.165, 1.54) is 11.3 Å². The van der Waals surface area contributed by atoms with E-state index in [0.29, 0.717) is 10.8 Å². The smallest absolute Gasteiger partial charge is 0.251 e. The molecule has 0 atom stereocenters. The third-order valence-corrected chi connectivity index (χ3v) is 4.62. The zero-order chi connectivity index (χ0) is 17.0. The van der Waals surface area contributed by atoms with Crippen molar-refractivity contribution in [3.63, 3.8) is 0 Å². The van der Waals surface area contributed by atoms with Crippen molar-refractivity contribution in [3.05, 3.63) is 23.2 Å². The summed E-state index contributed by atoms with van der Waals surface area (Å²) in [4.78, 5) is 2.15. The highest BCUT2D eigenvalue weighted by molar-refractivity contribution is 7.15. The van der Waals surface area contributed by atoms with Gasteiger partial charge < -0.3 is 10.0 Å². The van der Waals surface area contributed by atoms with Crippen LogP contribution in [0.25, 0.3) is 0 Å². The molecule has 0 saturated heterocycles. The zero-order valence-electron chi connectivity index (χ0n) is 14.2. The molecule has 0 radical (unpaired) electrons. The molecule has 1 N–H and O–H groups in total. The summed E-state index contributed by atoms with van der Waals surface area (Å²) in [6.07, 6.45) is 0. The topological polar surface area (TPSA) is 74.0 Å². The summed E-state index contributed by atoms with van der Waals surface area (Å²) in [6.45, 7) is 12.2. The molecule has 7 heteroatoms. The van der Waals surface area contributed by atoms with E-state index in [-0.39, 0.29) is 11.2 Å². The van der Waals surface area contributed by atoms with Crippen LogP contribution in [0, 0.1) is 0 Å². The maximum atomic E-state index is 10.1. The molecule has 0 aliphatic heterocycles. The predicted molar refractivity (Wildman–Crippen MR) is 94.5 cm³/mol. The van der Waals surface area contributed by atoms with Crippen LogP contribution in [0.5, 0.6) is 5.75 Å². The van der Waals surface area contributed by atoms with E-state index >= 15 is 0 Å². The van der Waals surface area contributed by atoms with Crippen LogP contribution in [0.1, 0.15) is 39.6 Å². The third kappa shape index (κ3) is 4.25. The van der Waals surface area contributed by atoms with Gasteiger partial charge in [-0.25, -0.2) is 0 Å². The molecular weight excluding hydrogens is 310 g/mol. The Morgan fingerprint density at radius 1 is 1.13 bits per heavy atom. The molecule has 0 amide bonds. The van der Waals surface area contributed by atoms with Crippen molar-refractivity contribution < 1.29 is 5.11 Å². The first-order chi connectivity index (χ1) is 10.8. The molecule has 1 heterocycles. The van der Waals surface area contributed by atoms with E-state index in [1.54, 1.807) is 12.1 Å². The summed E-state index contributed by atoms with van der Waals surface area (Å²) >= 11 is 1.41. The van der Waals surface area contributed by atoms with E-state index in [9.17, 15) is 5.11 Å². The van der Waals surface area contributed by atoms with Gasteiger partial charge in [-0.3, -0.25) is 0 Å². The predicted octanol–water partition coefficient (Wildman–Crippen LogP) is 4.80. The molecule has 1 aromatic carbocycles. The first kappa shape index (κ1) is 17.3. The van der Waals surface area contributed by atoms with E-state index in [1.807, 2.05) is 6.07 Å². The number of aromatic hydroxyl groups is 1. The highest BCUT2D eigenvalue weighted by Gasteiger charge is 2.19. The second-order valence-electron chi connectivity index (χ2n) is 6.19. The van der Waals surface area contributed by atoms with Gasteiger partial charge in [0.05, 0.1) is 0 Å². The zero-order valence-corrected chi connectivity index (χ0v) is 15.1. The molecule has 0 aliphatic carbocycles. The molecule has 0 saturated carbocycles. The maximum Gasteiger partial charge on any atom is 0.251 e. The van der Waals surface area contributed by atoms with Gasteiger partial charge in [-0.05, 0) is 26.0 Å². The molecule has 1 aromatic heterocycles. The van der Waals surface area contributed by atoms with Crippen molar-refractivity contribution in [1.82, 2.24) is 10.2 Å². The van der Waals surface area contributed by atoms with Crippen molar-refractivity contribution in [2.24, 2.45) is 10.2 Å². The Morgan fingerprint density at radius 3 is 2.35 bits per heavy atom. The normalized spacial score (nSPS) is 12.0. The number of anilines is 1. The van der Waals surface area contributed by atoms with Gasteiger partial charge in [0.15, 0.2) is 0 Å². The molecule has 6 nitrogen and oxygen atoms in total. The number of azo groups is 1. The van der Waals surface area contributed by atoms with Crippen molar-refractivity contribution in [2.45, 2.75) is 40.0 Å². The number of benzene rings is 1. The minimum Gasteiger partial charge on any atom is -0.506 e. The standard InChI is InChI=1S/C16H23N5OS/c1-6-21(7-2)11-8-9-12(13(22)10-11)17-19-15-20-18-14(23-15)16(3,4)5/h8-10,22H,6-7H2,1-5H3. The van der Waals surface area contributed by atoms with Crippen molar-refractivity contribution in [1.29, 1.82) is 0 Å². The summed E-state index contributed by atoms with van der Waals surface area (Å²) in [6, 6.07) is 5.40. The van der Waals surface area contributed by atoms with E-state index < -0.39 is 0 Å². The van der Waals surface area contributed by atoms with Crippen molar-refractivity contribution >= 4 is 27.8 Å². The van der Waals surface area contributed by atoms with Gasteiger partial charge in [-0.15, -0.1) is 20.4 Å². The molecule has 0 fully saturated rings. The Kier molecular flexibility index (Phi) is 5.30. The fourth-order valence-electron chi connectivity index (χ4n) is 2.04. The van der Waals surface area contributed by atoms with Gasteiger partial charge in [0, 0.05) is 30.3 Å². The molecule has 124 valence electrons. The Bertz CT molecular complexity index is 686. The minimum absolute atomic E-state index is 0.0566. The summed E-state index contributed by atoms with van der Waals surface area (Å²) in [5.74, 6) is 0.110. The highest BCUT2D eigenvalue weighted by Crippen LogP contribution is 2.34. The van der Waals surface area contributed by atoms with Crippen LogP contribution in [0.4, 0.5) is 16.5 Å². The number of phenolic OH excluding ortho intramolecular Hbond substituents is 1. The molecule has 2 rings (SSSR count). The maximum absolute atomic E-state index is 10.1. The fraction of sp³-hybridized carbons (Fsp3) is 0.500. The Morgan fingerprint density at radius 2 is 1.83 bits per heavy atom. The number of phenols is 1. The van der Waals surface area contributed by atoms with E-state index in [4.69, 9.17) is 0 Å². The van der Waals surface area contributed by atoms with Crippen LogP contribution in [0.3, 0.4) is 0 Å². The Labute approximate surface area is 140 Å². The summed E-state index contributed by atoms with van der Waals surface area (Å²) in [5, 5.41) is 27.8.